The van der Waals surface area contributed by atoms with Crippen molar-refractivity contribution in [3.8, 4) is 6.07 Å². The van der Waals surface area contributed by atoms with Crippen LogP contribution in [0.1, 0.15) is 11.5 Å². The Morgan fingerprint density at radius 1 is 1.35 bits per heavy atom. The average molecular weight is 343 g/mol. The zero-order valence-electron chi connectivity index (χ0n) is 11.4. The number of ether oxygens (including phenoxy) is 1. The Kier molecular flexibility index (Phi) is 3.60. The number of benzene rings is 1. The molecule has 5 nitrogen and oxygen atoms in total. The smallest absolute Gasteiger partial charge is 0.431 e. The van der Waals surface area contributed by atoms with Crippen LogP contribution >= 0.6 is 11.6 Å². The molecule has 2 aliphatic heterocycles. The summed E-state index contributed by atoms with van der Waals surface area (Å²) in [4.78, 5) is 0. The third-order valence-electron chi connectivity index (χ3n) is 3.79. The number of fused-ring (bicyclic) bond motifs is 1. The van der Waals surface area contributed by atoms with Crippen molar-refractivity contribution in [2.45, 2.75) is 18.3 Å². The number of nitrogens with one attached hydrogen (secondary N) is 1. The van der Waals surface area contributed by atoms with Crippen LogP contribution in [-0.4, -0.2) is 18.1 Å². The molecule has 0 radical (unpaired) electrons. The van der Waals surface area contributed by atoms with Gasteiger partial charge in [0.05, 0.1) is 11.5 Å². The monoisotopic (exact) mass is 342 g/mol. The first kappa shape index (κ1) is 15.5. The van der Waals surface area contributed by atoms with Crippen LogP contribution in [0, 0.1) is 17.2 Å². The molecular formula is C14H10ClF3N4O. The Bertz CT molecular complexity index is 753. The number of hydrogen-bond donors (Lipinski definition) is 2. The molecule has 3 atom stereocenters. The van der Waals surface area contributed by atoms with E-state index >= 15 is 0 Å². The highest BCUT2D eigenvalue weighted by molar-refractivity contribution is 6.31. The van der Waals surface area contributed by atoms with Gasteiger partial charge in [0.1, 0.15) is 6.07 Å². The van der Waals surface area contributed by atoms with E-state index in [1.54, 1.807) is 24.3 Å². The standard InChI is InChI=1S/C14H10ClF3N4O/c15-8-4-2-1-3-6(8)9-7(5-19)12(20)23-13-10(9)11(21-22-13)14(16,17)18/h1-4,9-10,13,22H,20H2/t9-,10-,13-/m0/s1. The minimum absolute atomic E-state index is 0.0972. The molecule has 120 valence electrons. The average Bonchev–Trinajstić information content (AvgIpc) is 2.90. The van der Waals surface area contributed by atoms with E-state index in [0.29, 0.717) is 5.56 Å². The van der Waals surface area contributed by atoms with Gasteiger partial charge in [0.15, 0.2) is 11.9 Å². The normalized spacial score (nSPS) is 26.7. The fourth-order valence-electron chi connectivity index (χ4n) is 2.85. The molecule has 3 rings (SSSR count). The van der Waals surface area contributed by atoms with Crippen LogP contribution in [0.25, 0.3) is 0 Å². The van der Waals surface area contributed by atoms with Crippen LogP contribution in [0.4, 0.5) is 13.2 Å². The van der Waals surface area contributed by atoms with E-state index in [1.165, 1.54) is 0 Å². The molecule has 23 heavy (non-hydrogen) atoms. The molecule has 0 aliphatic carbocycles. The summed E-state index contributed by atoms with van der Waals surface area (Å²) in [5, 5.41) is 12.9. The summed E-state index contributed by atoms with van der Waals surface area (Å²) in [6.45, 7) is 0. The van der Waals surface area contributed by atoms with E-state index in [-0.39, 0.29) is 16.5 Å². The minimum atomic E-state index is -4.66. The molecule has 0 fully saturated rings. The van der Waals surface area contributed by atoms with Crippen LogP contribution in [0.3, 0.4) is 0 Å². The summed E-state index contributed by atoms with van der Waals surface area (Å²) in [6, 6.07) is 8.21. The lowest BCUT2D eigenvalue weighted by Crippen LogP contribution is -2.45. The molecule has 0 amide bonds. The fraction of sp³-hybridized carbons (Fsp3) is 0.286. The molecule has 1 aromatic carbocycles. The van der Waals surface area contributed by atoms with Crippen LogP contribution in [0.5, 0.6) is 0 Å². The first-order valence-corrected chi connectivity index (χ1v) is 6.93. The summed E-state index contributed by atoms with van der Waals surface area (Å²) < 4.78 is 45.0. The maximum Gasteiger partial charge on any atom is 0.431 e. The molecule has 0 saturated carbocycles. The van der Waals surface area contributed by atoms with Crippen LogP contribution in [-0.2, 0) is 4.74 Å². The number of nitrogens with zero attached hydrogens (tertiary/aromatic N) is 2. The Hall–Kier alpha value is -2.40. The van der Waals surface area contributed by atoms with Crippen LogP contribution in [0.15, 0.2) is 40.8 Å². The first-order valence-electron chi connectivity index (χ1n) is 6.55. The molecule has 0 saturated heterocycles. The summed E-state index contributed by atoms with van der Waals surface area (Å²) in [6.07, 6.45) is -5.77. The topological polar surface area (TPSA) is 83.4 Å². The van der Waals surface area contributed by atoms with E-state index in [9.17, 15) is 18.4 Å². The number of rotatable bonds is 1. The second-order valence-corrected chi connectivity index (χ2v) is 5.48. The van der Waals surface area contributed by atoms with Crippen molar-refractivity contribution in [3.63, 3.8) is 0 Å². The lowest BCUT2D eigenvalue weighted by molar-refractivity contribution is -0.0661. The number of hydrogen-bond acceptors (Lipinski definition) is 5. The molecule has 0 bridgehead atoms. The number of nitriles is 1. The second kappa shape index (κ2) is 5.35. The molecule has 0 spiro atoms. The maximum absolute atomic E-state index is 13.3. The molecular weight excluding hydrogens is 333 g/mol. The van der Waals surface area contributed by atoms with E-state index < -0.39 is 30.0 Å². The van der Waals surface area contributed by atoms with Crippen molar-refractivity contribution < 1.29 is 17.9 Å². The van der Waals surface area contributed by atoms with E-state index in [4.69, 9.17) is 22.1 Å². The summed E-state index contributed by atoms with van der Waals surface area (Å²) in [7, 11) is 0. The van der Waals surface area contributed by atoms with Crippen LogP contribution < -0.4 is 11.2 Å². The predicted octanol–water partition coefficient (Wildman–Crippen LogP) is 2.61. The highest BCUT2D eigenvalue weighted by Gasteiger charge is 2.55. The third-order valence-corrected chi connectivity index (χ3v) is 4.14. The van der Waals surface area contributed by atoms with Gasteiger partial charge in [0, 0.05) is 10.9 Å². The van der Waals surface area contributed by atoms with Gasteiger partial charge in [-0.2, -0.15) is 23.5 Å². The van der Waals surface area contributed by atoms with Crippen molar-refractivity contribution >= 4 is 17.3 Å². The zero-order valence-corrected chi connectivity index (χ0v) is 12.2. The van der Waals surface area contributed by atoms with Gasteiger partial charge in [-0.05, 0) is 11.6 Å². The quantitative estimate of drug-likeness (QED) is 0.821. The van der Waals surface area contributed by atoms with Gasteiger partial charge >= 0.3 is 6.18 Å². The van der Waals surface area contributed by atoms with Crippen molar-refractivity contribution in [2.24, 2.45) is 16.8 Å². The van der Waals surface area contributed by atoms with Gasteiger partial charge in [0.25, 0.3) is 0 Å². The Balaban J connectivity index is 2.18. The van der Waals surface area contributed by atoms with E-state index in [1.807, 2.05) is 6.07 Å². The van der Waals surface area contributed by atoms with Gasteiger partial charge in [-0.25, -0.2) is 0 Å². The number of halogens is 4. The minimum Gasteiger partial charge on any atom is -0.453 e. The lowest BCUT2D eigenvalue weighted by atomic mass is 9.76. The lowest BCUT2D eigenvalue weighted by Gasteiger charge is -2.34. The second-order valence-electron chi connectivity index (χ2n) is 5.08. The van der Waals surface area contributed by atoms with Gasteiger partial charge in [-0.3, -0.25) is 5.43 Å². The summed E-state index contributed by atoms with van der Waals surface area (Å²) >= 11 is 6.12. The highest BCUT2D eigenvalue weighted by atomic mass is 35.5. The van der Waals surface area contributed by atoms with Gasteiger partial charge in [-0.1, -0.05) is 29.8 Å². The Morgan fingerprint density at radius 3 is 2.65 bits per heavy atom. The highest BCUT2D eigenvalue weighted by Crippen LogP contribution is 2.46. The maximum atomic E-state index is 13.3. The molecule has 3 N–H and O–H groups in total. The van der Waals surface area contributed by atoms with Gasteiger partial charge < -0.3 is 10.5 Å². The van der Waals surface area contributed by atoms with E-state index in [0.717, 1.165) is 0 Å². The number of hydrazone groups is 1. The molecule has 0 unspecified atom stereocenters. The first-order chi connectivity index (χ1) is 10.8. The van der Waals surface area contributed by atoms with Crippen molar-refractivity contribution in [3.05, 3.63) is 46.3 Å². The molecule has 2 aliphatic rings. The van der Waals surface area contributed by atoms with Crippen molar-refractivity contribution in [2.75, 3.05) is 0 Å². The third kappa shape index (κ3) is 2.47. The fourth-order valence-corrected chi connectivity index (χ4v) is 3.10. The molecule has 2 heterocycles. The van der Waals surface area contributed by atoms with Crippen molar-refractivity contribution in [1.29, 1.82) is 5.26 Å². The predicted molar refractivity (Wildman–Crippen MR) is 76.0 cm³/mol. The number of nitrogens with two attached hydrogens (primary N) is 1. The summed E-state index contributed by atoms with van der Waals surface area (Å²) in [5.74, 6) is -2.48. The largest absolute Gasteiger partial charge is 0.453 e. The molecule has 1 aromatic rings. The zero-order chi connectivity index (χ0) is 16.8. The van der Waals surface area contributed by atoms with Gasteiger partial charge in [-0.15, -0.1) is 0 Å². The van der Waals surface area contributed by atoms with Crippen LogP contribution in [0.2, 0.25) is 5.02 Å². The van der Waals surface area contributed by atoms with E-state index in [2.05, 4.69) is 10.5 Å². The summed E-state index contributed by atoms with van der Waals surface area (Å²) in [5.41, 5.74) is 7.21. The number of allylic oxidation sites excluding steroid dienone is 1. The van der Waals surface area contributed by atoms with Gasteiger partial charge in [0.2, 0.25) is 5.88 Å². The molecule has 0 aromatic heterocycles. The number of alkyl halides is 3. The SMILES string of the molecule is N#CC1=C(N)O[C@@H]2NN=C(C(F)(F)F)[C@@H]2[C@H]1c1ccccc1Cl. The van der Waals surface area contributed by atoms with Crippen molar-refractivity contribution in [1.82, 2.24) is 5.43 Å². The Morgan fingerprint density at radius 2 is 2.04 bits per heavy atom. The molecule has 9 heteroatoms. The Labute approximate surface area is 134 Å².